The van der Waals surface area contributed by atoms with Crippen LogP contribution in [-0.2, 0) is 10.3 Å². The Morgan fingerprint density at radius 3 is 2.65 bits per heavy atom. The first-order valence-electron chi connectivity index (χ1n) is 5.29. The van der Waals surface area contributed by atoms with Crippen LogP contribution in [0.3, 0.4) is 0 Å². The molecule has 90 valence electrons. The van der Waals surface area contributed by atoms with Crippen LogP contribution in [0.1, 0.15) is 19.5 Å². The van der Waals surface area contributed by atoms with Gasteiger partial charge in [-0.15, -0.1) is 0 Å². The highest BCUT2D eigenvalue weighted by molar-refractivity contribution is 5.80. The van der Waals surface area contributed by atoms with Gasteiger partial charge in [0.1, 0.15) is 22.9 Å². The highest BCUT2D eigenvalue weighted by Gasteiger charge is 2.25. The average molecular weight is 235 g/mol. The smallest absolute Gasteiger partial charge is 0.140 e. The van der Waals surface area contributed by atoms with Crippen molar-refractivity contribution in [2.45, 2.75) is 19.4 Å². The van der Waals surface area contributed by atoms with Crippen molar-refractivity contribution in [3.63, 3.8) is 0 Å². The van der Waals surface area contributed by atoms with Gasteiger partial charge in [-0.2, -0.15) is 0 Å². The maximum Gasteiger partial charge on any atom is 0.140 e. The Hall–Kier alpha value is -1.68. The monoisotopic (exact) mass is 235 g/mol. The van der Waals surface area contributed by atoms with Crippen molar-refractivity contribution in [2.24, 2.45) is 0 Å². The molecule has 0 atom stereocenters. The summed E-state index contributed by atoms with van der Waals surface area (Å²) in [5, 5.41) is 10.5. The van der Waals surface area contributed by atoms with Gasteiger partial charge >= 0.3 is 0 Å². The molecule has 0 saturated heterocycles. The molecule has 0 fully saturated rings. The van der Waals surface area contributed by atoms with Crippen molar-refractivity contribution in [3.8, 4) is 5.75 Å². The molecule has 0 aliphatic carbocycles. The molecule has 0 bridgehead atoms. The first-order chi connectivity index (χ1) is 7.94. The summed E-state index contributed by atoms with van der Waals surface area (Å²) in [5.41, 5.74) is 0.385. The van der Waals surface area contributed by atoms with Crippen LogP contribution >= 0.6 is 0 Å². The maximum absolute atomic E-state index is 13.0. The van der Waals surface area contributed by atoms with E-state index < -0.39 is 5.60 Å². The van der Waals surface area contributed by atoms with Crippen LogP contribution < -0.4 is 0 Å². The molecule has 1 aromatic heterocycles. The summed E-state index contributed by atoms with van der Waals surface area (Å²) >= 11 is 0. The fraction of sp³-hybridized carbons (Fsp3) is 0.308. The van der Waals surface area contributed by atoms with E-state index in [2.05, 4.69) is 4.98 Å². The van der Waals surface area contributed by atoms with Crippen LogP contribution in [0.15, 0.2) is 24.3 Å². The van der Waals surface area contributed by atoms with Gasteiger partial charge in [-0.05, 0) is 38.1 Å². The molecule has 17 heavy (non-hydrogen) atoms. The number of rotatable bonds is 2. The molecule has 0 spiro atoms. The molecule has 0 aliphatic heterocycles. The zero-order valence-corrected chi connectivity index (χ0v) is 9.99. The Bertz CT molecular complexity index is 567. The molecule has 1 aromatic carbocycles. The Labute approximate surface area is 98.9 Å². The van der Waals surface area contributed by atoms with Gasteiger partial charge in [0.05, 0.1) is 5.52 Å². The lowest BCUT2D eigenvalue weighted by Crippen LogP contribution is -2.21. The zero-order chi connectivity index (χ0) is 12.6. The number of fused-ring (bicyclic) bond motifs is 1. The summed E-state index contributed by atoms with van der Waals surface area (Å²) in [7, 11) is 1.55. The van der Waals surface area contributed by atoms with Crippen LogP contribution in [0, 0.1) is 5.82 Å². The second kappa shape index (κ2) is 3.96. The number of pyridine rings is 1. The van der Waals surface area contributed by atoms with E-state index in [1.807, 2.05) is 13.8 Å². The van der Waals surface area contributed by atoms with Crippen molar-refractivity contribution in [1.29, 1.82) is 0 Å². The van der Waals surface area contributed by atoms with Gasteiger partial charge in [0.15, 0.2) is 0 Å². The number of benzene rings is 1. The fourth-order valence-electron chi connectivity index (χ4n) is 1.68. The van der Waals surface area contributed by atoms with Gasteiger partial charge in [0.2, 0.25) is 0 Å². The highest BCUT2D eigenvalue weighted by Crippen LogP contribution is 2.32. The Morgan fingerprint density at radius 1 is 1.29 bits per heavy atom. The van der Waals surface area contributed by atoms with Crippen LogP contribution in [0.5, 0.6) is 5.75 Å². The van der Waals surface area contributed by atoms with Gasteiger partial charge in [-0.1, -0.05) is 0 Å². The van der Waals surface area contributed by atoms with E-state index in [0.29, 0.717) is 16.6 Å². The first-order valence-corrected chi connectivity index (χ1v) is 5.29. The van der Waals surface area contributed by atoms with Gasteiger partial charge in [-0.3, -0.25) is 0 Å². The normalized spacial score (nSPS) is 12.0. The van der Waals surface area contributed by atoms with Gasteiger partial charge < -0.3 is 9.84 Å². The Kier molecular flexibility index (Phi) is 2.75. The summed E-state index contributed by atoms with van der Waals surface area (Å²) < 4.78 is 18.3. The van der Waals surface area contributed by atoms with E-state index in [1.54, 1.807) is 13.2 Å². The van der Waals surface area contributed by atoms with Gasteiger partial charge in [0, 0.05) is 12.5 Å². The van der Waals surface area contributed by atoms with E-state index in [9.17, 15) is 9.50 Å². The van der Waals surface area contributed by atoms with E-state index in [4.69, 9.17) is 4.74 Å². The Morgan fingerprint density at radius 2 is 2.00 bits per heavy atom. The van der Waals surface area contributed by atoms with Crippen molar-refractivity contribution in [2.75, 3.05) is 7.11 Å². The minimum Gasteiger partial charge on any atom is -0.506 e. The van der Waals surface area contributed by atoms with Crippen molar-refractivity contribution < 1.29 is 14.2 Å². The van der Waals surface area contributed by atoms with Crippen molar-refractivity contribution in [1.82, 2.24) is 4.98 Å². The van der Waals surface area contributed by atoms with Crippen molar-refractivity contribution in [3.05, 3.63) is 35.8 Å². The number of aromatic hydroxyl groups is 1. The number of halogens is 1. The second-order valence-electron chi connectivity index (χ2n) is 4.41. The molecule has 0 unspecified atom stereocenters. The number of methoxy groups -OCH3 is 1. The minimum absolute atomic E-state index is 0.00921. The minimum atomic E-state index is -0.688. The molecule has 0 radical (unpaired) electrons. The molecule has 2 aromatic rings. The van der Waals surface area contributed by atoms with Crippen LogP contribution in [-0.4, -0.2) is 17.2 Å². The third-order valence-corrected chi connectivity index (χ3v) is 2.84. The highest BCUT2D eigenvalue weighted by atomic mass is 19.1. The third kappa shape index (κ3) is 2.08. The number of aromatic nitrogens is 1. The molecule has 2 rings (SSSR count). The SMILES string of the molecule is COC(C)(C)c1nc2ccc(F)cc2cc1O. The molecule has 0 saturated carbocycles. The summed E-state index contributed by atoms with van der Waals surface area (Å²) in [6, 6.07) is 5.77. The van der Waals surface area contributed by atoms with Crippen LogP contribution in [0.2, 0.25) is 0 Å². The van der Waals surface area contributed by atoms with Crippen LogP contribution in [0.25, 0.3) is 10.9 Å². The molecular weight excluding hydrogens is 221 g/mol. The standard InChI is InChI=1S/C13H14FNO2/c1-13(2,17-3)12-11(16)7-8-6-9(14)4-5-10(8)15-12/h4-7,16H,1-3H3. The topological polar surface area (TPSA) is 42.4 Å². The van der Waals surface area contributed by atoms with E-state index in [0.717, 1.165) is 0 Å². The number of nitrogens with zero attached hydrogens (tertiary/aromatic N) is 1. The zero-order valence-electron chi connectivity index (χ0n) is 9.99. The van der Waals surface area contributed by atoms with E-state index >= 15 is 0 Å². The van der Waals surface area contributed by atoms with Gasteiger partial charge in [-0.25, -0.2) is 9.37 Å². The van der Waals surface area contributed by atoms with E-state index in [1.165, 1.54) is 18.2 Å². The molecular formula is C13H14FNO2. The number of hydrogen-bond acceptors (Lipinski definition) is 3. The van der Waals surface area contributed by atoms with Gasteiger partial charge in [0.25, 0.3) is 0 Å². The largest absolute Gasteiger partial charge is 0.506 e. The summed E-state index contributed by atoms with van der Waals surface area (Å²) in [4.78, 5) is 4.32. The summed E-state index contributed by atoms with van der Waals surface area (Å²) in [6.07, 6.45) is 0. The predicted molar refractivity (Wildman–Crippen MR) is 63.4 cm³/mol. The average Bonchev–Trinajstić information content (AvgIpc) is 2.27. The molecule has 0 amide bonds. The molecule has 1 N–H and O–H groups in total. The molecule has 4 heteroatoms. The number of ether oxygens (including phenoxy) is 1. The third-order valence-electron chi connectivity index (χ3n) is 2.84. The molecule has 1 heterocycles. The van der Waals surface area contributed by atoms with E-state index in [-0.39, 0.29) is 11.6 Å². The quantitative estimate of drug-likeness (QED) is 0.870. The fourth-order valence-corrected chi connectivity index (χ4v) is 1.68. The summed E-state index contributed by atoms with van der Waals surface area (Å²) in [6.45, 7) is 3.62. The molecule has 0 aliphatic rings. The lowest BCUT2D eigenvalue weighted by atomic mass is 10.0. The molecule has 3 nitrogen and oxygen atoms in total. The predicted octanol–water partition coefficient (Wildman–Crippen LogP) is 2.96. The summed E-state index contributed by atoms with van der Waals surface area (Å²) in [5.74, 6) is -0.340. The maximum atomic E-state index is 13.0. The lowest BCUT2D eigenvalue weighted by Gasteiger charge is -2.23. The van der Waals surface area contributed by atoms with Crippen LogP contribution in [0.4, 0.5) is 4.39 Å². The van der Waals surface area contributed by atoms with Crippen molar-refractivity contribution >= 4 is 10.9 Å². The second-order valence-corrected chi connectivity index (χ2v) is 4.41. The first kappa shape index (κ1) is 11.8. The number of hydrogen-bond donors (Lipinski definition) is 1. The Balaban J connectivity index is 2.68. The lowest BCUT2D eigenvalue weighted by molar-refractivity contribution is 0.0138.